The maximum atomic E-state index is 10.1. The topological polar surface area (TPSA) is 38.7 Å². The van der Waals surface area contributed by atoms with Crippen LogP contribution in [0.5, 0.6) is 0 Å². The van der Waals surface area contributed by atoms with Crippen molar-refractivity contribution in [2.45, 2.75) is 142 Å². The Kier molecular flexibility index (Phi) is 21.4. The van der Waals surface area contributed by atoms with E-state index in [-0.39, 0.29) is 0 Å². The van der Waals surface area contributed by atoms with E-state index < -0.39 is 14.4 Å². The molecular formula is C25H54O3Si. The van der Waals surface area contributed by atoms with Crippen LogP contribution in [0.4, 0.5) is 0 Å². The van der Waals surface area contributed by atoms with Crippen molar-refractivity contribution in [3.63, 3.8) is 0 Å². The molecule has 0 saturated carbocycles. The van der Waals surface area contributed by atoms with Crippen LogP contribution in [0.1, 0.15) is 118 Å². The van der Waals surface area contributed by atoms with Gasteiger partial charge >= 0.3 is 0 Å². The van der Waals surface area contributed by atoms with Gasteiger partial charge in [0.15, 0.2) is 8.32 Å². The van der Waals surface area contributed by atoms with Crippen LogP contribution in [-0.2, 0) is 9.16 Å². The van der Waals surface area contributed by atoms with Crippen molar-refractivity contribution >= 4 is 8.32 Å². The summed E-state index contributed by atoms with van der Waals surface area (Å²) in [6.07, 6.45) is 18.8. The molecule has 0 heterocycles. The first-order valence-electron chi connectivity index (χ1n) is 13.0. The van der Waals surface area contributed by atoms with Gasteiger partial charge in [-0.25, -0.2) is 0 Å². The van der Waals surface area contributed by atoms with Crippen LogP contribution in [-0.4, -0.2) is 39.3 Å². The normalized spacial score (nSPS) is 13.1. The predicted molar refractivity (Wildman–Crippen MR) is 130 cm³/mol. The molecule has 0 aliphatic heterocycles. The summed E-state index contributed by atoms with van der Waals surface area (Å²) < 4.78 is 11.8. The molecule has 4 heteroatoms. The van der Waals surface area contributed by atoms with Crippen LogP contribution < -0.4 is 0 Å². The minimum atomic E-state index is -1.59. The van der Waals surface area contributed by atoms with Gasteiger partial charge in [-0.05, 0) is 24.6 Å². The van der Waals surface area contributed by atoms with Crippen LogP contribution in [0.3, 0.4) is 0 Å². The zero-order valence-electron chi connectivity index (χ0n) is 20.5. The first-order chi connectivity index (χ1) is 14.1. The van der Waals surface area contributed by atoms with Crippen molar-refractivity contribution in [2.75, 3.05) is 19.8 Å². The molecule has 0 rings (SSSR count). The summed E-state index contributed by atoms with van der Waals surface area (Å²) in [5, 5.41) is 10.1. The maximum absolute atomic E-state index is 10.1. The van der Waals surface area contributed by atoms with Gasteiger partial charge < -0.3 is 14.3 Å². The van der Waals surface area contributed by atoms with Gasteiger partial charge in [0.2, 0.25) is 0 Å². The number of aliphatic hydroxyl groups is 1. The Labute approximate surface area is 184 Å². The summed E-state index contributed by atoms with van der Waals surface area (Å²) in [6, 6.07) is 3.39. The van der Waals surface area contributed by atoms with E-state index in [0.29, 0.717) is 13.2 Å². The van der Waals surface area contributed by atoms with Crippen LogP contribution in [0, 0.1) is 0 Å². The zero-order valence-corrected chi connectivity index (χ0v) is 21.5. The Balaban J connectivity index is 3.32. The molecule has 3 nitrogen and oxygen atoms in total. The van der Waals surface area contributed by atoms with Crippen LogP contribution in [0.15, 0.2) is 0 Å². The highest BCUT2D eigenvalue weighted by atomic mass is 28.4. The highest BCUT2D eigenvalue weighted by molar-refractivity contribution is 6.73. The standard InChI is InChI=1S/C25H54O3Si/c1-5-9-10-11-12-13-14-15-16-17-18-19-20-21-22-27-23-25(26)24-28-29(6-2,7-3)8-4/h25-26H,5-24H2,1-4H3/t25-/m0/s1. The summed E-state index contributed by atoms with van der Waals surface area (Å²) in [5.41, 5.74) is 0. The number of rotatable bonds is 23. The van der Waals surface area contributed by atoms with E-state index in [1.165, 1.54) is 83.5 Å². The molecular weight excluding hydrogens is 376 g/mol. The van der Waals surface area contributed by atoms with Gasteiger partial charge in [-0.15, -0.1) is 0 Å². The van der Waals surface area contributed by atoms with E-state index in [4.69, 9.17) is 9.16 Å². The van der Waals surface area contributed by atoms with Crippen LogP contribution in [0.2, 0.25) is 18.1 Å². The third-order valence-corrected chi connectivity index (χ3v) is 11.1. The van der Waals surface area contributed by atoms with E-state index >= 15 is 0 Å². The van der Waals surface area contributed by atoms with Gasteiger partial charge in [-0.2, -0.15) is 0 Å². The quantitative estimate of drug-likeness (QED) is 0.132. The lowest BCUT2D eigenvalue weighted by Crippen LogP contribution is -2.39. The highest BCUT2D eigenvalue weighted by Gasteiger charge is 2.29. The summed E-state index contributed by atoms with van der Waals surface area (Å²) >= 11 is 0. The second kappa shape index (κ2) is 21.3. The summed E-state index contributed by atoms with van der Waals surface area (Å²) in [7, 11) is -1.59. The lowest BCUT2D eigenvalue weighted by Gasteiger charge is -2.29. The minimum Gasteiger partial charge on any atom is -0.414 e. The number of ether oxygens (including phenoxy) is 1. The van der Waals surface area contributed by atoms with E-state index in [2.05, 4.69) is 27.7 Å². The first-order valence-corrected chi connectivity index (χ1v) is 15.6. The van der Waals surface area contributed by atoms with Gasteiger partial charge in [0, 0.05) is 6.61 Å². The Bertz CT molecular complexity index is 313. The summed E-state index contributed by atoms with van der Waals surface area (Å²) in [6.45, 7) is 10.6. The van der Waals surface area contributed by atoms with Gasteiger partial charge in [0.05, 0.1) is 19.3 Å². The van der Waals surface area contributed by atoms with E-state index in [9.17, 15) is 5.11 Å². The van der Waals surface area contributed by atoms with Gasteiger partial charge in [-0.3, -0.25) is 0 Å². The first kappa shape index (κ1) is 29.1. The maximum Gasteiger partial charge on any atom is 0.192 e. The summed E-state index contributed by atoms with van der Waals surface area (Å²) in [4.78, 5) is 0. The Morgan fingerprint density at radius 1 is 0.586 bits per heavy atom. The fraction of sp³-hybridized carbons (Fsp3) is 1.00. The lowest BCUT2D eigenvalue weighted by atomic mass is 10.0. The molecule has 1 N–H and O–H groups in total. The number of hydrogen-bond acceptors (Lipinski definition) is 3. The predicted octanol–water partition coefficient (Wildman–Crippen LogP) is 7.87. The molecule has 0 aromatic rings. The molecule has 0 saturated heterocycles. The fourth-order valence-electron chi connectivity index (χ4n) is 4.00. The van der Waals surface area contributed by atoms with Crippen molar-refractivity contribution in [1.82, 2.24) is 0 Å². The third-order valence-electron chi connectivity index (χ3n) is 6.47. The second-order valence-electron chi connectivity index (χ2n) is 8.88. The van der Waals surface area contributed by atoms with Gasteiger partial charge in [0.25, 0.3) is 0 Å². The molecule has 0 spiro atoms. The molecule has 0 unspecified atom stereocenters. The Morgan fingerprint density at radius 2 is 1.00 bits per heavy atom. The Hall–Kier alpha value is 0.0969. The van der Waals surface area contributed by atoms with E-state index in [1.807, 2.05) is 0 Å². The molecule has 0 fully saturated rings. The van der Waals surface area contributed by atoms with Crippen LogP contribution >= 0.6 is 0 Å². The fourth-order valence-corrected chi connectivity index (χ4v) is 6.65. The lowest BCUT2D eigenvalue weighted by molar-refractivity contribution is 0.00855. The van der Waals surface area contributed by atoms with Gasteiger partial charge in [0.1, 0.15) is 0 Å². The number of aliphatic hydroxyl groups excluding tert-OH is 1. The number of unbranched alkanes of at least 4 members (excludes halogenated alkanes) is 13. The highest BCUT2D eigenvalue weighted by Crippen LogP contribution is 2.21. The Morgan fingerprint density at radius 3 is 1.41 bits per heavy atom. The molecule has 176 valence electrons. The zero-order chi connectivity index (χ0) is 21.6. The van der Waals surface area contributed by atoms with Crippen molar-refractivity contribution in [1.29, 1.82) is 0 Å². The molecule has 0 amide bonds. The largest absolute Gasteiger partial charge is 0.414 e. The average Bonchev–Trinajstić information content (AvgIpc) is 2.75. The minimum absolute atomic E-state index is 0.417. The second-order valence-corrected chi connectivity index (χ2v) is 13.7. The molecule has 0 aliphatic carbocycles. The van der Waals surface area contributed by atoms with Crippen molar-refractivity contribution < 1.29 is 14.3 Å². The van der Waals surface area contributed by atoms with Crippen molar-refractivity contribution in [3.8, 4) is 0 Å². The number of hydrogen-bond donors (Lipinski definition) is 1. The third kappa shape index (κ3) is 17.5. The van der Waals surface area contributed by atoms with Crippen LogP contribution in [0.25, 0.3) is 0 Å². The molecule has 0 bridgehead atoms. The average molecular weight is 431 g/mol. The summed E-state index contributed by atoms with van der Waals surface area (Å²) in [5.74, 6) is 0. The van der Waals surface area contributed by atoms with Crippen molar-refractivity contribution in [3.05, 3.63) is 0 Å². The molecule has 0 aliphatic rings. The van der Waals surface area contributed by atoms with E-state index in [0.717, 1.165) is 31.2 Å². The smallest absolute Gasteiger partial charge is 0.192 e. The molecule has 29 heavy (non-hydrogen) atoms. The molecule has 1 atom stereocenters. The SMILES string of the molecule is CCCCCCCCCCCCCCCCOC[C@H](O)CO[Si](CC)(CC)CC. The van der Waals surface area contributed by atoms with E-state index in [1.54, 1.807) is 0 Å². The van der Waals surface area contributed by atoms with Crippen molar-refractivity contribution in [2.24, 2.45) is 0 Å². The molecule has 0 aromatic heterocycles. The monoisotopic (exact) mass is 430 g/mol. The van der Waals surface area contributed by atoms with Gasteiger partial charge in [-0.1, -0.05) is 111 Å². The molecule has 0 aromatic carbocycles. The molecule has 0 radical (unpaired) electrons.